The van der Waals surface area contributed by atoms with Crippen molar-refractivity contribution in [3.63, 3.8) is 0 Å². The van der Waals surface area contributed by atoms with Gasteiger partial charge >= 0.3 is 0 Å². The molecule has 0 unspecified atom stereocenters. The summed E-state index contributed by atoms with van der Waals surface area (Å²) in [6, 6.07) is 15.6. The molecule has 1 heterocycles. The third-order valence-corrected chi connectivity index (χ3v) is 6.32. The number of rotatable bonds is 7. The maximum atomic E-state index is 13.0. The Morgan fingerprint density at radius 1 is 1.00 bits per heavy atom. The summed E-state index contributed by atoms with van der Waals surface area (Å²) in [5.74, 6) is 0.150. The largest absolute Gasteiger partial charge is 0.507 e. The Morgan fingerprint density at radius 3 is 2.23 bits per heavy atom. The Bertz CT molecular complexity index is 1120. The van der Waals surface area contributed by atoms with Crippen molar-refractivity contribution in [3.8, 4) is 5.75 Å². The molecule has 0 aliphatic heterocycles. The fourth-order valence-corrected chi connectivity index (χ4v) is 4.23. The Hall–Kier alpha value is -2.83. The number of phenols is 1. The standard InChI is InChI=1S/C28H35N3O2S.ClH/c1-27(2,3)22-16-20(17-23(25(22)32)28(4,5)6)26(33)29-13-12-19-9-7-10-21(15-19)30-18-31-24-11-8-14-34-24;/h7-11,14-18,32H,12-13H2,1-6H3,(H,29,33)(H,30,31);1H. The molecular weight excluding hydrogens is 478 g/mol. The van der Waals surface area contributed by atoms with Gasteiger partial charge < -0.3 is 15.7 Å². The van der Waals surface area contributed by atoms with E-state index < -0.39 is 0 Å². The predicted octanol–water partition coefficient (Wildman–Crippen LogP) is 7.21. The Balaban J connectivity index is 0.00000432. The monoisotopic (exact) mass is 513 g/mol. The smallest absolute Gasteiger partial charge is 0.251 e. The average Bonchev–Trinajstić information content (AvgIpc) is 3.26. The lowest BCUT2D eigenvalue weighted by Crippen LogP contribution is -2.27. The van der Waals surface area contributed by atoms with Gasteiger partial charge in [0.1, 0.15) is 10.8 Å². The van der Waals surface area contributed by atoms with Crippen molar-refractivity contribution >= 4 is 46.7 Å². The Labute approximate surface area is 219 Å². The van der Waals surface area contributed by atoms with Crippen LogP contribution in [0, 0.1) is 0 Å². The van der Waals surface area contributed by atoms with E-state index in [1.165, 1.54) is 0 Å². The minimum atomic E-state index is -0.277. The van der Waals surface area contributed by atoms with Gasteiger partial charge in [-0.25, -0.2) is 4.99 Å². The molecule has 7 heteroatoms. The van der Waals surface area contributed by atoms with E-state index in [0.29, 0.717) is 18.5 Å². The maximum absolute atomic E-state index is 13.0. The summed E-state index contributed by atoms with van der Waals surface area (Å²) < 4.78 is 0. The van der Waals surface area contributed by atoms with Crippen molar-refractivity contribution in [2.45, 2.75) is 58.8 Å². The molecule has 3 rings (SSSR count). The molecule has 0 saturated heterocycles. The number of halogens is 1. The SMILES string of the molecule is CC(C)(C)c1cc(C(=O)NCCc2cccc(NC=Nc3cccs3)c2)cc(C(C)(C)C)c1O.Cl. The lowest BCUT2D eigenvalue weighted by atomic mass is 9.78. The molecule has 0 bridgehead atoms. The van der Waals surface area contributed by atoms with Crippen molar-refractivity contribution in [2.24, 2.45) is 4.99 Å². The van der Waals surface area contributed by atoms with Crippen molar-refractivity contribution < 1.29 is 9.90 Å². The van der Waals surface area contributed by atoms with E-state index >= 15 is 0 Å². The summed E-state index contributed by atoms with van der Waals surface area (Å²) in [6.45, 7) is 12.8. The summed E-state index contributed by atoms with van der Waals surface area (Å²) in [5.41, 5.74) is 3.66. The quantitative estimate of drug-likeness (QED) is 0.231. The number of carbonyl (C=O) groups excluding carboxylic acids is 1. The molecule has 0 aliphatic carbocycles. The lowest BCUT2D eigenvalue weighted by Gasteiger charge is -2.28. The average molecular weight is 514 g/mol. The molecule has 5 nitrogen and oxygen atoms in total. The van der Waals surface area contributed by atoms with Gasteiger partial charge in [0.25, 0.3) is 5.91 Å². The number of aliphatic imine (C=N–C) groups is 1. The van der Waals surface area contributed by atoms with Crippen molar-refractivity contribution in [2.75, 3.05) is 11.9 Å². The molecule has 1 aromatic heterocycles. The molecule has 35 heavy (non-hydrogen) atoms. The minimum Gasteiger partial charge on any atom is -0.507 e. The number of amides is 1. The fraction of sp³-hybridized carbons (Fsp3) is 0.357. The molecule has 1 amide bonds. The highest BCUT2D eigenvalue weighted by Crippen LogP contribution is 2.39. The van der Waals surface area contributed by atoms with Crippen LogP contribution in [-0.4, -0.2) is 23.9 Å². The van der Waals surface area contributed by atoms with Crippen molar-refractivity contribution in [1.29, 1.82) is 0 Å². The molecule has 0 radical (unpaired) electrons. The van der Waals surface area contributed by atoms with Crippen molar-refractivity contribution in [3.05, 3.63) is 76.2 Å². The zero-order valence-electron chi connectivity index (χ0n) is 21.3. The number of anilines is 1. The van der Waals surface area contributed by atoms with Gasteiger partial charge in [-0.3, -0.25) is 4.79 Å². The van der Waals surface area contributed by atoms with E-state index in [0.717, 1.165) is 27.4 Å². The number of aromatic hydroxyl groups is 1. The van der Waals surface area contributed by atoms with E-state index in [1.54, 1.807) is 17.7 Å². The molecule has 0 saturated carbocycles. The summed E-state index contributed by atoms with van der Waals surface area (Å²) >= 11 is 1.59. The van der Waals surface area contributed by atoms with Crippen LogP contribution in [0.25, 0.3) is 0 Å². The fourth-order valence-electron chi connectivity index (χ4n) is 3.66. The van der Waals surface area contributed by atoms with Crippen LogP contribution in [-0.2, 0) is 17.3 Å². The minimum absolute atomic E-state index is 0. The van der Waals surface area contributed by atoms with Gasteiger partial charge in [0.2, 0.25) is 0 Å². The summed E-state index contributed by atoms with van der Waals surface area (Å²) in [7, 11) is 0. The Morgan fingerprint density at radius 2 is 1.66 bits per heavy atom. The lowest BCUT2D eigenvalue weighted by molar-refractivity contribution is 0.0954. The maximum Gasteiger partial charge on any atom is 0.251 e. The number of nitrogens with zero attached hydrogens (tertiary/aromatic N) is 1. The topological polar surface area (TPSA) is 73.7 Å². The molecule has 3 N–H and O–H groups in total. The van der Waals surface area contributed by atoms with Gasteiger partial charge in [-0.2, -0.15) is 0 Å². The highest BCUT2D eigenvalue weighted by atomic mass is 35.5. The first-order chi connectivity index (χ1) is 15.9. The van der Waals surface area contributed by atoms with Gasteiger partial charge in [0, 0.05) is 28.9 Å². The van der Waals surface area contributed by atoms with Gasteiger partial charge in [-0.05, 0) is 64.6 Å². The van der Waals surface area contributed by atoms with Crippen LogP contribution < -0.4 is 10.6 Å². The molecule has 0 aliphatic rings. The van der Waals surface area contributed by atoms with Crippen LogP contribution in [0.4, 0.5) is 10.7 Å². The number of thiophene rings is 1. The predicted molar refractivity (Wildman–Crippen MR) is 151 cm³/mol. The second-order valence-corrected chi connectivity index (χ2v) is 11.4. The van der Waals surface area contributed by atoms with Gasteiger partial charge in [-0.1, -0.05) is 53.7 Å². The van der Waals surface area contributed by atoms with Crippen LogP contribution in [0.2, 0.25) is 0 Å². The highest BCUT2D eigenvalue weighted by molar-refractivity contribution is 7.13. The van der Waals surface area contributed by atoms with Crippen molar-refractivity contribution in [1.82, 2.24) is 5.32 Å². The molecule has 0 atom stereocenters. The number of benzene rings is 2. The zero-order valence-corrected chi connectivity index (χ0v) is 22.9. The van der Waals surface area contributed by atoms with Gasteiger partial charge in [0.15, 0.2) is 0 Å². The normalized spacial score (nSPS) is 11.8. The zero-order chi connectivity index (χ0) is 24.9. The third kappa shape index (κ3) is 7.84. The summed E-state index contributed by atoms with van der Waals surface area (Å²) in [6.07, 6.45) is 2.40. The summed E-state index contributed by atoms with van der Waals surface area (Å²) in [5, 5.41) is 20.1. The van der Waals surface area contributed by atoms with E-state index in [2.05, 4.69) is 21.7 Å². The first-order valence-electron chi connectivity index (χ1n) is 11.5. The molecule has 2 aromatic carbocycles. The van der Waals surface area contributed by atoms with Gasteiger partial charge in [-0.15, -0.1) is 23.7 Å². The second-order valence-electron chi connectivity index (χ2n) is 10.5. The molecular formula is C28H36ClN3O2S. The van der Waals surface area contributed by atoms with Crippen LogP contribution in [0.3, 0.4) is 0 Å². The van der Waals surface area contributed by atoms with E-state index in [-0.39, 0.29) is 34.9 Å². The van der Waals surface area contributed by atoms with Crippen LogP contribution in [0.5, 0.6) is 5.75 Å². The number of carbonyl (C=O) groups is 1. The van der Waals surface area contributed by atoms with Crippen LogP contribution >= 0.6 is 23.7 Å². The van der Waals surface area contributed by atoms with Crippen LogP contribution in [0.15, 0.2) is 58.9 Å². The molecule has 0 fully saturated rings. The van der Waals surface area contributed by atoms with Crippen LogP contribution in [0.1, 0.15) is 68.6 Å². The molecule has 0 spiro atoms. The first kappa shape index (κ1) is 28.4. The third-order valence-electron chi connectivity index (χ3n) is 5.54. The number of hydrogen-bond donors (Lipinski definition) is 3. The Kier molecular flexibility index (Phi) is 9.52. The highest BCUT2D eigenvalue weighted by Gasteiger charge is 2.27. The van der Waals surface area contributed by atoms with E-state index in [9.17, 15) is 9.90 Å². The van der Waals surface area contributed by atoms with E-state index in [4.69, 9.17) is 0 Å². The van der Waals surface area contributed by atoms with E-state index in [1.807, 2.05) is 89.4 Å². The number of hydrogen-bond acceptors (Lipinski definition) is 4. The number of nitrogens with one attached hydrogen (secondary N) is 2. The first-order valence-corrected chi connectivity index (χ1v) is 12.4. The van der Waals surface area contributed by atoms with Gasteiger partial charge in [0.05, 0.1) is 6.34 Å². The second kappa shape index (κ2) is 11.7. The summed E-state index contributed by atoms with van der Waals surface area (Å²) in [4.78, 5) is 17.4. The number of phenolic OH excluding ortho intramolecular Hbond substituents is 1. The molecule has 188 valence electrons. The molecule has 3 aromatic rings.